The second kappa shape index (κ2) is 8.26. The van der Waals surface area contributed by atoms with Crippen LogP contribution in [0.1, 0.15) is 47.6 Å². The fourth-order valence-corrected chi connectivity index (χ4v) is 4.25. The summed E-state index contributed by atoms with van der Waals surface area (Å²) in [7, 11) is 0. The summed E-state index contributed by atoms with van der Waals surface area (Å²) >= 11 is 0. The van der Waals surface area contributed by atoms with Crippen LogP contribution in [0.4, 0.5) is 8.78 Å². The van der Waals surface area contributed by atoms with E-state index in [1.807, 2.05) is 0 Å². The zero-order valence-corrected chi connectivity index (χ0v) is 16.4. The molecule has 30 heavy (non-hydrogen) atoms. The summed E-state index contributed by atoms with van der Waals surface area (Å²) in [6.07, 6.45) is 4.54. The van der Waals surface area contributed by atoms with E-state index in [9.17, 15) is 18.4 Å². The SMILES string of the molecule is O=C(NCC1(c2c(F)cccc2F)CCCC1)c1ccc(Cn2ccccc2=O)o1. The van der Waals surface area contributed by atoms with Crippen molar-refractivity contribution in [2.24, 2.45) is 0 Å². The van der Waals surface area contributed by atoms with Gasteiger partial charge in [0.15, 0.2) is 5.76 Å². The van der Waals surface area contributed by atoms with Crippen molar-refractivity contribution in [1.29, 1.82) is 0 Å². The Balaban J connectivity index is 1.48. The molecule has 1 saturated carbocycles. The average Bonchev–Trinajstić information content (AvgIpc) is 3.38. The van der Waals surface area contributed by atoms with Gasteiger partial charge in [0, 0.05) is 29.8 Å². The van der Waals surface area contributed by atoms with E-state index in [1.54, 1.807) is 24.4 Å². The first-order chi connectivity index (χ1) is 14.5. The van der Waals surface area contributed by atoms with E-state index in [2.05, 4.69) is 5.32 Å². The topological polar surface area (TPSA) is 64.2 Å². The van der Waals surface area contributed by atoms with E-state index < -0.39 is 23.0 Å². The Labute approximate surface area is 172 Å². The standard InChI is InChI=1S/C23H22F2N2O3/c24-17-6-5-7-18(25)21(17)23(11-2-3-12-23)15-26-22(29)19-10-9-16(30-19)14-27-13-4-1-8-20(27)28/h1,4-10,13H,2-3,11-12,14-15H2,(H,26,29). The first kappa shape index (κ1) is 20.1. The Morgan fingerprint density at radius 3 is 2.47 bits per heavy atom. The van der Waals surface area contributed by atoms with Crippen LogP contribution in [0.15, 0.2) is 63.9 Å². The predicted molar refractivity (Wildman–Crippen MR) is 107 cm³/mol. The summed E-state index contributed by atoms with van der Waals surface area (Å²) in [5.41, 5.74) is -0.890. The van der Waals surface area contributed by atoms with Gasteiger partial charge in [0.25, 0.3) is 11.5 Å². The second-order valence-corrected chi connectivity index (χ2v) is 7.70. The van der Waals surface area contributed by atoms with Crippen molar-refractivity contribution in [1.82, 2.24) is 9.88 Å². The number of hydrogen-bond acceptors (Lipinski definition) is 3. The molecule has 0 spiro atoms. The van der Waals surface area contributed by atoms with Gasteiger partial charge in [-0.25, -0.2) is 8.78 Å². The van der Waals surface area contributed by atoms with Crippen LogP contribution in [0.3, 0.4) is 0 Å². The van der Waals surface area contributed by atoms with Gasteiger partial charge >= 0.3 is 0 Å². The molecule has 1 N–H and O–H groups in total. The van der Waals surface area contributed by atoms with Gasteiger partial charge in [0.1, 0.15) is 17.4 Å². The molecule has 156 valence electrons. The van der Waals surface area contributed by atoms with Gasteiger partial charge in [-0.2, -0.15) is 0 Å². The molecule has 3 aromatic rings. The number of carbonyl (C=O) groups excluding carboxylic acids is 1. The van der Waals surface area contributed by atoms with Crippen LogP contribution >= 0.6 is 0 Å². The summed E-state index contributed by atoms with van der Waals surface area (Å²) in [5.74, 6) is -1.07. The van der Waals surface area contributed by atoms with Crippen molar-refractivity contribution in [2.75, 3.05) is 6.54 Å². The molecular formula is C23H22F2N2O3. The van der Waals surface area contributed by atoms with Gasteiger partial charge in [-0.3, -0.25) is 9.59 Å². The summed E-state index contributed by atoms with van der Waals surface area (Å²) in [6, 6.07) is 11.9. The zero-order chi connectivity index (χ0) is 21.1. The molecule has 0 atom stereocenters. The average molecular weight is 412 g/mol. The Kier molecular flexibility index (Phi) is 5.53. The van der Waals surface area contributed by atoms with Crippen LogP contribution < -0.4 is 10.9 Å². The molecule has 1 fully saturated rings. The summed E-state index contributed by atoms with van der Waals surface area (Å²) in [4.78, 5) is 24.4. The van der Waals surface area contributed by atoms with Crippen LogP contribution in [-0.4, -0.2) is 17.0 Å². The van der Waals surface area contributed by atoms with Crippen molar-refractivity contribution >= 4 is 5.91 Å². The Hall–Kier alpha value is -3.22. The van der Waals surface area contributed by atoms with Gasteiger partial charge < -0.3 is 14.3 Å². The van der Waals surface area contributed by atoms with Crippen LogP contribution in [0.5, 0.6) is 0 Å². The van der Waals surface area contributed by atoms with Gasteiger partial charge in [-0.1, -0.05) is 25.0 Å². The van der Waals surface area contributed by atoms with Crippen molar-refractivity contribution in [3.8, 4) is 0 Å². The predicted octanol–water partition coefficient (Wildman–Crippen LogP) is 4.01. The smallest absolute Gasteiger partial charge is 0.287 e. The van der Waals surface area contributed by atoms with Gasteiger partial charge in [-0.15, -0.1) is 0 Å². The summed E-state index contributed by atoms with van der Waals surface area (Å²) < 4.78 is 35.9. The number of hydrogen-bond donors (Lipinski definition) is 1. The number of pyridine rings is 1. The fraction of sp³-hybridized carbons (Fsp3) is 0.304. The van der Waals surface area contributed by atoms with E-state index in [-0.39, 0.29) is 30.0 Å². The minimum absolute atomic E-state index is 0.0476. The van der Waals surface area contributed by atoms with Gasteiger partial charge in [0.2, 0.25) is 0 Å². The zero-order valence-electron chi connectivity index (χ0n) is 16.4. The number of halogens is 2. The van der Waals surface area contributed by atoms with E-state index in [1.165, 1.54) is 34.9 Å². The maximum absolute atomic E-state index is 14.4. The molecule has 0 radical (unpaired) electrons. The van der Waals surface area contributed by atoms with E-state index >= 15 is 0 Å². The number of rotatable bonds is 6. The normalized spacial score (nSPS) is 15.3. The van der Waals surface area contributed by atoms with Crippen LogP contribution in [-0.2, 0) is 12.0 Å². The van der Waals surface area contributed by atoms with Gasteiger partial charge in [-0.05, 0) is 43.2 Å². The molecule has 2 aromatic heterocycles. The summed E-state index contributed by atoms with van der Waals surface area (Å²) in [6.45, 7) is 0.329. The van der Waals surface area contributed by atoms with Crippen LogP contribution in [0.25, 0.3) is 0 Å². The molecule has 2 heterocycles. The third-order valence-corrected chi connectivity index (χ3v) is 5.75. The lowest BCUT2D eigenvalue weighted by molar-refractivity contribution is 0.0912. The highest BCUT2D eigenvalue weighted by Crippen LogP contribution is 2.42. The molecule has 1 aliphatic carbocycles. The number of amides is 1. The van der Waals surface area contributed by atoms with E-state index in [4.69, 9.17) is 4.42 Å². The van der Waals surface area contributed by atoms with Crippen molar-refractivity contribution in [3.05, 3.63) is 93.8 Å². The monoisotopic (exact) mass is 412 g/mol. The lowest BCUT2D eigenvalue weighted by atomic mass is 9.78. The second-order valence-electron chi connectivity index (χ2n) is 7.70. The minimum Gasteiger partial charge on any atom is -0.454 e. The van der Waals surface area contributed by atoms with Crippen molar-refractivity contribution in [3.63, 3.8) is 0 Å². The number of benzene rings is 1. The molecule has 0 saturated heterocycles. The van der Waals surface area contributed by atoms with Crippen LogP contribution in [0, 0.1) is 11.6 Å². The third-order valence-electron chi connectivity index (χ3n) is 5.75. The number of nitrogens with one attached hydrogen (secondary N) is 1. The number of furan rings is 1. The Bertz CT molecular complexity index is 1090. The highest BCUT2D eigenvalue weighted by molar-refractivity contribution is 5.91. The quantitative estimate of drug-likeness (QED) is 0.665. The number of aromatic nitrogens is 1. The number of carbonyl (C=O) groups is 1. The first-order valence-electron chi connectivity index (χ1n) is 9.95. The molecule has 4 rings (SSSR count). The molecule has 7 heteroatoms. The molecule has 0 bridgehead atoms. The number of nitrogens with zero attached hydrogens (tertiary/aromatic N) is 1. The Morgan fingerprint density at radius 2 is 1.77 bits per heavy atom. The maximum atomic E-state index is 14.4. The lowest BCUT2D eigenvalue weighted by Crippen LogP contribution is -2.40. The largest absolute Gasteiger partial charge is 0.454 e. The highest BCUT2D eigenvalue weighted by Gasteiger charge is 2.40. The molecule has 0 aliphatic heterocycles. The highest BCUT2D eigenvalue weighted by atomic mass is 19.1. The maximum Gasteiger partial charge on any atom is 0.287 e. The fourth-order valence-electron chi connectivity index (χ4n) is 4.25. The molecule has 1 amide bonds. The first-order valence-corrected chi connectivity index (χ1v) is 9.95. The van der Waals surface area contributed by atoms with Crippen molar-refractivity contribution < 1.29 is 18.0 Å². The third kappa shape index (κ3) is 3.92. The Morgan fingerprint density at radius 1 is 1.03 bits per heavy atom. The molecular weight excluding hydrogens is 390 g/mol. The lowest BCUT2D eigenvalue weighted by Gasteiger charge is -2.30. The minimum atomic E-state index is -0.766. The van der Waals surface area contributed by atoms with E-state index in [0.717, 1.165) is 12.8 Å². The molecule has 1 aromatic carbocycles. The summed E-state index contributed by atoms with van der Waals surface area (Å²) in [5, 5.41) is 2.79. The molecule has 0 unspecified atom stereocenters. The molecule has 1 aliphatic rings. The molecule has 5 nitrogen and oxygen atoms in total. The van der Waals surface area contributed by atoms with E-state index in [0.29, 0.717) is 18.6 Å². The van der Waals surface area contributed by atoms with Crippen LogP contribution in [0.2, 0.25) is 0 Å². The van der Waals surface area contributed by atoms with Crippen molar-refractivity contribution in [2.45, 2.75) is 37.6 Å². The van der Waals surface area contributed by atoms with Gasteiger partial charge in [0.05, 0.1) is 6.54 Å².